The predicted molar refractivity (Wildman–Crippen MR) is 172 cm³/mol. The van der Waals surface area contributed by atoms with E-state index in [9.17, 15) is 39.9 Å². The molecule has 7 N–H and O–H groups in total. The summed E-state index contributed by atoms with van der Waals surface area (Å²) in [5.41, 5.74) is -0.601. The Labute approximate surface area is 283 Å². The summed E-state index contributed by atoms with van der Waals surface area (Å²) in [5, 5.41) is 54.7. The number of pyridine rings is 1. The van der Waals surface area contributed by atoms with Crippen LogP contribution in [-0.4, -0.2) is 131 Å². The number of aliphatic hydroxyl groups is 4. The van der Waals surface area contributed by atoms with Crippen LogP contribution in [-0.2, 0) is 33.2 Å². The maximum Gasteiger partial charge on any atom is 0.305 e. The first kappa shape index (κ1) is 38.6. The molecule has 7 unspecified atom stereocenters. The highest BCUT2D eigenvalue weighted by molar-refractivity contribution is 5.96. The van der Waals surface area contributed by atoms with E-state index < -0.39 is 79.3 Å². The summed E-state index contributed by atoms with van der Waals surface area (Å²) in [5.74, 6) is -1.22. The molecule has 1 amide bonds. The number of nitrogens with one attached hydrogen (secondary N) is 2. The average Bonchev–Trinajstić information content (AvgIpc) is 3.09. The molecule has 0 bridgehead atoms. The lowest BCUT2D eigenvalue weighted by molar-refractivity contribution is -0.346. The Morgan fingerprint density at radius 2 is 1.65 bits per heavy atom. The molecule has 0 spiro atoms. The van der Waals surface area contributed by atoms with Gasteiger partial charge in [0.15, 0.2) is 18.0 Å². The number of hydrogen-bond acceptors (Lipinski definition) is 14. The Morgan fingerprint density at radius 3 is 2.35 bits per heavy atom. The highest BCUT2D eigenvalue weighted by atomic mass is 16.7. The van der Waals surface area contributed by atoms with Gasteiger partial charge in [0, 0.05) is 31.6 Å². The number of unbranched alkanes of at least 4 members (excludes halogenated alkanes) is 5. The normalized spacial score (nSPS) is 30.3. The number of para-hydroxylation sites is 1. The van der Waals surface area contributed by atoms with Gasteiger partial charge in [0.25, 0.3) is 5.91 Å². The van der Waals surface area contributed by atoms with Crippen molar-refractivity contribution in [3.63, 3.8) is 0 Å². The second kappa shape index (κ2) is 18.2. The number of hydrogen-bond donors (Lipinski definition) is 7. The van der Waals surface area contributed by atoms with Gasteiger partial charge in [-0.3, -0.25) is 14.4 Å². The molecule has 10 atom stereocenters. The van der Waals surface area contributed by atoms with Crippen LogP contribution in [0, 0.1) is 0 Å². The van der Waals surface area contributed by atoms with Crippen LogP contribution in [0.5, 0.6) is 5.75 Å². The van der Waals surface area contributed by atoms with E-state index in [0.29, 0.717) is 12.8 Å². The number of rotatable bonds is 16. The SMILES string of the molecule is COC(=O)CCCCCCCCO[C@@H]1OC(CO)[C@H](OC2OC(C)[C@@H](O)C(O)C2O)C(OC)C1NC(=O)c1cc(=O)c2cccc(O)c2[nH]1. The zero-order valence-corrected chi connectivity index (χ0v) is 27.9. The van der Waals surface area contributed by atoms with Crippen LogP contribution in [0.1, 0.15) is 62.4 Å². The van der Waals surface area contributed by atoms with Crippen molar-refractivity contribution < 1.29 is 63.5 Å². The molecule has 274 valence electrons. The molecule has 3 heterocycles. The van der Waals surface area contributed by atoms with Gasteiger partial charge in [0.05, 0.1) is 25.3 Å². The smallest absolute Gasteiger partial charge is 0.305 e. The van der Waals surface area contributed by atoms with Gasteiger partial charge in [-0.1, -0.05) is 31.7 Å². The molecule has 0 aliphatic carbocycles. The van der Waals surface area contributed by atoms with Crippen LogP contribution in [0.4, 0.5) is 0 Å². The fourth-order valence-electron chi connectivity index (χ4n) is 6.06. The van der Waals surface area contributed by atoms with Crippen molar-refractivity contribution in [3.05, 3.63) is 40.2 Å². The fraction of sp³-hybridized carbons (Fsp3) is 0.667. The molecule has 16 heteroatoms. The largest absolute Gasteiger partial charge is 0.506 e. The van der Waals surface area contributed by atoms with E-state index in [1.807, 2.05) is 0 Å². The lowest BCUT2D eigenvalue weighted by Gasteiger charge is -2.48. The summed E-state index contributed by atoms with van der Waals surface area (Å²) in [6.45, 7) is 1.12. The van der Waals surface area contributed by atoms with Crippen molar-refractivity contribution in [2.45, 2.75) is 113 Å². The third-order valence-electron chi connectivity index (χ3n) is 8.87. The number of fused-ring (bicyclic) bond motifs is 1. The zero-order valence-electron chi connectivity index (χ0n) is 27.9. The van der Waals surface area contributed by atoms with Crippen LogP contribution >= 0.6 is 0 Å². The number of methoxy groups -OCH3 is 2. The summed E-state index contributed by atoms with van der Waals surface area (Å²) in [4.78, 5) is 40.5. The summed E-state index contributed by atoms with van der Waals surface area (Å²) >= 11 is 0. The van der Waals surface area contributed by atoms with Crippen LogP contribution in [0.25, 0.3) is 10.9 Å². The summed E-state index contributed by atoms with van der Waals surface area (Å²) < 4.78 is 34.3. The van der Waals surface area contributed by atoms with Gasteiger partial charge in [-0.15, -0.1) is 0 Å². The fourth-order valence-corrected chi connectivity index (χ4v) is 6.06. The number of aromatic nitrogens is 1. The van der Waals surface area contributed by atoms with Gasteiger partial charge < -0.3 is 64.3 Å². The maximum atomic E-state index is 13.6. The Balaban J connectivity index is 1.51. The van der Waals surface area contributed by atoms with Gasteiger partial charge in [0.1, 0.15) is 54.1 Å². The Hall–Kier alpha value is -3.19. The minimum Gasteiger partial charge on any atom is -0.506 e. The number of H-pyrrole nitrogens is 1. The zero-order chi connectivity index (χ0) is 35.7. The average molecular weight is 697 g/mol. The number of benzene rings is 1. The van der Waals surface area contributed by atoms with E-state index in [1.165, 1.54) is 39.3 Å². The molecule has 2 aliphatic heterocycles. The van der Waals surface area contributed by atoms with E-state index in [-0.39, 0.29) is 34.9 Å². The first-order chi connectivity index (χ1) is 23.5. The molecular formula is C33H48N2O14. The molecule has 0 saturated carbocycles. The molecule has 49 heavy (non-hydrogen) atoms. The van der Waals surface area contributed by atoms with Gasteiger partial charge in [-0.05, 0) is 31.9 Å². The molecule has 1 aromatic carbocycles. The van der Waals surface area contributed by atoms with Crippen molar-refractivity contribution in [2.75, 3.05) is 27.4 Å². The third kappa shape index (κ3) is 9.53. The first-order valence-electron chi connectivity index (χ1n) is 16.5. The summed E-state index contributed by atoms with van der Waals surface area (Å²) in [7, 11) is 2.70. The van der Waals surface area contributed by atoms with Crippen molar-refractivity contribution in [2.24, 2.45) is 0 Å². The highest BCUT2D eigenvalue weighted by Gasteiger charge is 2.51. The minimum absolute atomic E-state index is 0.0706. The lowest BCUT2D eigenvalue weighted by Crippen LogP contribution is -2.68. The Bertz CT molecular complexity index is 1440. The minimum atomic E-state index is -1.67. The molecule has 2 fully saturated rings. The van der Waals surface area contributed by atoms with Crippen LogP contribution in [0.2, 0.25) is 0 Å². The van der Waals surface area contributed by atoms with E-state index in [0.717, 1.165) is 38.2 Å². The standard InChI is InChI=1S/C33H48N2O14/c1-17-26(40)27(41)28(42)33(47-17)49-29-22(16-36)48-32(46-14-9-7-5-4-6-8-13-23(39)44-2)25(30(29)45-3)35-31(43)19-15-21(38)18-11-10-12-20(37)24(18)34-19/h10-12,15,17,22,25-30,32-33,36-37,40-42H,4-9,13-14,16H2,1-3H3,(H,34,38)(H,35,43)/t17?,22?,25?,26-,27?,28?,29+,30?,32-,33?/m1/s1. The van der Waals surface area contributed by atoms with Gasteiger partial charge in [0.2, 0.25) is 0 Å². The summed E-state index contributed by atoms with van der Waals surface area (Å²) in [6, 6.07) is 4.37. The second-order valence-electron chi connectivity index (χ2n) is 12.3. The molecule has 1 aromatic heterocycles. The number of aromatic amines is 1. The topological polar surface area (TPSA) is 236 Å². The molecule has 4 rings (SSSR count). The molecular weight excluding hydrogens is 648 g/mol. The number of carbonyl (C=O) groups is 2. The quantitative estimate of drug-likeness (QED) is 0.0918. The number of ether oxygens (including phenoxy) is 6. The van der Waals surface area contributed by atoms with Gasteiger partial charge >= 0.3 is 5.97 Å². The molecule has 16 nitrogen and oxygen atoms in total. The first-order valence-corrected chi connectivity index (χ1v) is 16.5. The van der Waals surface area contributed by atoms with Gasteiger partial charge in [-0.25, -0.2) is 0 Å². The monoisotopic (exact) mass is 696 g/mol. The molecule has 2 saturated heterocycles. The number of aliphatic hydroxyl groups excluding tert-OH is 4. The number of esters is 1. The number of phenols is 1. The number of amides is 1. The van der Waals surface area contributed by atoms with Crippen LogP contribution < -0.4 is 10.7 Å². The maximum absolute atomic E-state index is 13.6. The van der Waals surface area contributed by atoms with Crippen molar-refractivity contribution in [1.29, 1.82) is 0 Å². The van der Waals surface area contributed by atoms with Crippen LogP contribution in [0.3, 0.4) is 0 Å². The van der Waals surface area contributed by atoms with Crippen LogP contribution in [0.15, 0.2) is 29.1 Å². The number of phenolic OH excluding ortho intramolecular Hbond substituents is 1. The highest BCUT2D eigenvalue weighted by Crippen LogP contribution is 2.31. The van der Waals surface area contributed by atoms with Gasteiger partial charge in [-0.2, -0.15) is 0 Å². The predicted octanol–water partition coefficient (Wildman–Crippen LogP) is 0.197. The lowest BCUT2D eigenvalue weighted by atomic mass is 9.95. The number of aromatic hydroxyl groups is 1. The Kier molecular flexibility index (Phi) is 14.3. The van der Waals surface area contributed by atoms with Crippen molar-refractivity contribution in [3.8, 4) is 5.75 Å². The van der Waals surface area contributed by atoms with Crippen molar-refractivity contribution >= 4 is 22.8 Å². The summed E-state index contributed by atoms with van der Waals surface area (Å²) in [6.07, 6.45) is -6.30. The Morgan fingerprint density at radius 1 is 0.939 bits per heavy atom. The van der Waals surface area contributed by atoms with E-state index in [4.69, 9.17) is 23.7 Å². The molecule has 2 aliphatic rings. The van der Waals surface area contributed by atoms with E-state index in [1.54, 1.807) is 0 Å². The number of carbonyl (C=O) groups excluding carboxylic acids is 2. The molecule has 2 aromatic rings. The second-order valence-corrected chi connectivity index (χ2v) is 12.3. The van der Waals surface area contributed by atoms with E-state index in [2.05, 4.69) is 15.0 Å². The molecule has 0 radical (unpaired) electrons. The third-order valence-corrected chi connectivity index (χ3v) is 8.87. The van der Waals surface area contributed by atoms with Crippen molar-refractivity contribution in [1.82, 2.24) is 10.3 Å². The van der Waals surface area contributed by atoms with E-state index >= 15 is 0 Å².